The van der Waals surface area contributed by atoms with Gasteiger partial charge in [-0.3, -0.25) is 0 Å². The van der Waals surface area contributed by atoms with E-state index in [0.29, 0.717) is 16.6 Å². The van der Waals surface area contributed by atoms with Crippen LogP contribution in [0.3, 0.4) is 0 Å². The van der Waals surface area contributed by atoms with Gasteiger partial charge in [0.1, 0.15) is 0 Å². The summed E-state index contributed by atoms with van der Waals surface area (Å²) in [6, 6.07) is 17.7. The molecule has 0 spiro atoms. The maximum atomic E-state index is 11.7. The van der Waals surface area contributed by atoms with Crippen molar-refractivity contribution in [3.05, 3.63) is 65.7 Å². The first kappa shape index (κ1) is 14.8. The molecule has 2 aromatic carbocycles. The zero-order valence-electron chi connectivity index (χ0n) is 13.1. The van der Waals surface area contributed by atoms with Gasteiger partial charge >= 0.3 is 5.97 Å². The molecule has 0 fully saturated rings. The molecule has 0 bridgehead atoms. The summed E-state index contributed by atoms with van der Waals surface area (Å²) in [5.41, 5.74) is 2.86. The van der Waals surface area contributed by atoms with Crippen LogP contribution < -0.4 is 0 Å². The molecular weight excluding hydrogens is 318 g/mol. The highest BCUT2D eigenvalue weighted by molar-refractivity contribution is 7.22. The fourth-order valence-corrected chi connectivity index (χ4v) is 3.93. The molecule has 4 heteroatoms. The van der Waals surface area contributed by atoms with Crippen molar-refractivity contribution in [3.8, 4) is 10.6 Å². The molecular formula is C20H15NO2S. The molecule has 0 amide bonds. The SMILES string of the molecule is CCc1ccc2nc(-c3cc4ccccc4s3)cc(C(=O)O)c2c1. The van der Waals surface area contributed by atoms with Gasteiger partial charge in [0, 0.05) is 10.1 Å². The van der Waals surface area contributed by atoms with Crippen molar-refractivity contribution in [1.82, 2.24) is 4.98 Å². The van der Waals surface area contributed by atoms with Gasteiger partial charge in [-0.1, -0.05) is 31.2 Å². The van der Waals surface area contributed by atoms with E-state index in [1.165, 1.54) is 4.70 Å². The fraction of sp³-hybridized carbons (Fsp3) is 0.100. The smallest absolute Gasteiger partial charge is 0.336 e. The Labute approximate surface area is 143 Å². The number of nitrogens with zero attached hydrogens (tertiary/aromatic N) is 1. The van der Waals surface area contributed by atoms with Crippen molar-refractivity contribution >= 4 is 38.3 Å². The number of aryl methyl sites for hydroxylation is 1. The lowest BCUT2D eigenvalue weighted by Gasteiger charge is -2.07. The van der Waals surface area contributed by atoms with E-state index in [1.807, 2.05) is 30.3 Å². The number of pyridine rings is 1. The van der Waals surface area contributed by atoms with Gasteiger partial charge < -0.3 is 5.11 Å². The predicted octanol–water partition coefficient (Wildman–Crippen LogP) is 5.38. The van der Waals surface area contributed by atoms with Crippen molar-refractivity contribution in [3.63, 3.8) is 0 Å². The third-order valence-electron chi connectivity index (χ3n) is 4.19. The monoisotopic (exact) mass is 333 g/mol. The van der Waals surface area contributed by atoms with Gasteiger partial charge in [0.2, 0.25) is 0 Å². The minimum Gasteiger partial charge on any atom is -0.478 e. The molecule has 0 saturated heterocycles. The number of fused-ring (bicyclic) bond motifs is 2. The Bertz CT molecular complexity index is 1050. The molecule has 4 aromatic rings. The molecule has 0 saturated carbocycles. The Hall–Kier alpha value is -2.72. The van der Waals surface area contributed by atoms with Crippen LogP contribution in [-0.4, -0.2) is 16.1 Å². The van der Waals surface area contributed by atoms with E-state index < -0.39 is 5.97 Å². The number of hydrogen-bond acceptors (Lipinski definition) is 3. The molecule has 2 heterocycles. The maximum absolute atomic E-state index is 11.7. The molecule has 0 radical (unpaired) electrons. The lowest BCUT2D eigenvalue weighted by atomic mass is 10.0. The second-order valence-corrected chi connectivity index (χ2v) is 6.80. The average molecular weight is 333 g/mol. The Morgan fingerprint density at radius 1 is 1.12 bits per heavy atom. The van der Waals surface area contributed by atoms with Gasteiger partial charge in [-0.25, -0.2) is 9.78 Å². The number of carboxylic acid groups (broad SMARTS) is 1. The topological polar surface area (TPSA) is 50.2 Å². The van der Waals surface area contributed by atoms with Crippen molar-refractivity contribution < 1.29 is 9.90 Å². The van der Waals surface area contributed by atoms with E-state index in [9.17, 15) is 9.90 Å². The summed E-state index contributed by atoms with van der Waals surface area (Å²) in [6.45, 7) is 2.06. The first-order chi connectivity index (χ1) is 11.7. The molecule has 0 unspecified atom stereocenters. The first-order valence-electron chi connectivity index (χ1n) is 7.81. The Balaban J connectivity index is 1.97. The zero-order valence-corrected chi connectivity index (χ0v) is 13.9. The largest absolute Gasteiger partial charge is 0.478 e. The molecule has 0 atom stereocenters. The van der Waals surface area contributed by atoms with Crippen molar-refractivity contribution in [1.29, 1.82) is 0 Å². The van der Waals surface area contributed by atoms with Crippen LogP contribution in [0.4, 0.5) is 0 Å². The number of carboxylic acids is 1. The average Bonchev–Trinajstić information content (AvgIpc) is 3.04. The zero-order chi connectivity index (χ0) is 16.7. The molecule has 118 valence electrons. The summed E-state index contributed by atoms with van der Waals surface area (Å²) in [5, 5.41) is 11.5. The van der Waals surface area contributed by atoms with E-state index in [1.54, 1.807) is 17.4 Å². The quantitative estimate of drug-likeness (QED) is 0.548. The predicted molar refractivity (Wildman–Crippen MR) is 98.9 cm³/mol. The number of benzene rings is 2. The summed E-state index contributed by atoms with van der Waals surface area (Å²) in [6.07, 6.45) is 0.868. The van der Waals surface area contributed by atoms with Gasteiger partial charge in [-0.2, -0.15) is 0 Å². The van der Waals surface area contributed by atoms with Crippen molar-refractivity contribution in [2.24, 2.45) is 0 Å². The first-order valence-corrected chi connectivity index (χ1v) is 8.63. The number of aromatic carboxylic acids is 1. The van der Waals surface area contributed by atoms with Gasteiger partial charge in [0.15, 0.2) is 0 Å². The van der Waals surface area contributed by atoms with Crippen LogP contribution in [0.5, 0.6) is 0 Å². The molecule has 4 rings (SSSR count). The van der Waals surface area contributed by atoms with E-state index in [0.717, 1.165) is 27.8 Å². The summed E-state index contributed by atoms with van der Waals surface area (Å²) >= 11 is 1.63. The second-order valence-electron chi connectivity index (χ2n) is 5.71. The van der Waals surface area contributed by atoms with Crippen LogP contribution in [0, 0.1) is 0 Å². The lowest BCUT2D eigenvalue weighted by molar-refractivity contribution is 0.0699. The molecule has 0 aliphatic heterocycles. The molecule has 1 N–H and O–H groups in total. The van der Waals surface area contributed by atoms with E-state index in [-0.39, 0.29) is 0 Å². The van der Waals surface area contributed by atoms with Crippen molar-refractivity contribution in [2.75, 3.05) is 0 Å². The summed E-state index contributed by atoms with van der Waals surface area (Å²) in [4.78, 5) is 17.4. The Morgan fingerprint density at radius 3 is 2.71 bits per heavy atom. The van der Waals surface area contributed by atoms with E-state index >= 15 is 0 Å². The fourth-order valence-electron chi connectivity index (χ4n) is 2.90. The third kappa shape index (κ3) is 2.45. The van der Waals surface area contributed by atoms with Crippen LogP contribution in [-0.2, 0) is 6.42 Å². The number of carbonyl (C=O) groups is 1. The number of aromatic nitrogens is 1. The number of thiophene rings is 1. The molecule has 0 aliphatic rings. The second kappa shape index (κ2) is 5.73. The van der Waals surface area contributed by atoms with E-state index in [4.69, 9.17) is 4.98 Å². The maximum Gasteiger partial charge on any atom is 0.336 e. The van der Waals surface area contributed by atoms with E-state index in [2.05, 4.69) is 25.1 Å². The van der Waals surface area contributed by atoms with Crippen LogP contribution in [0.25, 0.3) is 31.6 Å². The Morgan fingerprint density at radius 2 is 1.96 bits per heavy atom. The summed E-state index contributed by atoms with van der Waals surface area (Å²) in [5.74, 6) is -0.919. The van der Waals surface area contributed by atoms with Crippen LogP contribution in [0.15, 0.2) is 54.6 Å². The highest BCUT2D eigenvalue weighted by Crippen LogP contribution is 2.34. The normalized spacial score (nSPS) is 11.2. The minimum atomic E-state index is -0.919. The third-order valence-corrected chi connectivity index (χ3v) is 5.33. The van der Waals surface area contributed by atoms with Crippen LogP contribution in [0.1, 0.15) is 22.8 Å². The van der Waals surface area contributed by atoms with Gasteiger partial charge in [0.05, 0.1) is 21.7 Å². The van der Waals surface area contributed by atoms with Gasteiger partial charge in [0.25, 0.3) is 0 Å². The van der Waals surface area contributed by atoms with Crippen molar-refractivity contribution in [2.45, 2.75) is 13.3 Å². The molecule has 24 heavy (non-hydrogen) atoms. The Kier molecular flexibility index (Phi) is 3.54. The number of hydrogen-bond donors (Lipinski definition) is 1. The van der Waals surface area contributed by atoms with Crippen LogP contribution >= 0.6 is 11.3 Å². The standard InChI is InChI=1S/C20H15NO2S/c1-2-12-7-8-16-14(9-12)15(20(22)23)11-17(21-16)19-10-13-5-3-4-6-18(13)24-19/h3-11H,2H2,1H3,(H,22,23). The number of rotatable bonds is 3. The summed E-state index contributed by atoms with van der Waals surface area (Å²) < 4.78 is 1.17. The highest BCUT2D eigenvalue weighted by Gasteiger charge is 2.14. The minimum absolute atomic E-state index is 0.308. The van der Waals surface area contributed by atoms with Gasteiger partial charge in [-0.05, 0) is 47.7 Å². The lowest BCUT2D eigenvalue weighted by Crippen LogP contribution is -2.00. The molecule has 2 aromatic heterocycles. The highest BCUT2D eigenvalue weighted by atomic mass is 32.1. The molecule has 0 aliphatic carbocycles. The summed E-state index contributed by atoms with van der Waals surface area (Å²) in [7, 11) is 0. The molecule has 3 nitrogen and oxygen atoms in total. The van der Waals surface area contributed by atoms with Gasteiger partial charge in [-0.15, -0.1) is 11.3 Å². The van der Waals surface area contributed by atoms with Crippen LogP contribution in [0.2, 0.25) is 0 Å².